The maximum Gasteiger partial charge on any atom is 0.321 e. The minimum Gasteiger partial charge on any atom is -0.497 e. The molecule has 0 saturated heterocycles. The Morgan fingerprint density at radius 2 is 2.17 bits per heavy atom. The normalized spacial score (nSPS) is 9.67. The highest BCUT2D eigenvalue weighted by atomic mass is 32.2. The van der Waals surface area contributed by atoms with Gasteiger partial charge in [0.15, 0.2) is 0 Å². The monoisotopic (exact) mass is 268 g/mol. The van der Waals surface area contributed by atoms with Gasteiger partial charge in [0.2, 0.25) is 5.91 Å². The van der Waals surface area contributed by atoms with Crippen LogP contribution in [0.3, 0.4) is 0 Å². The van der Waals surface area contributed by atoms with Crippen molar-refractivity contribution in [3.05, 3.63) is 24.3 Å². The summed E-state index contributed by atoms with van der Waals surface area (Å²) in [5.74, 6) is 0.600. The second-order valence-corrected chi connectivity index (χ2v) is 4.42. The van der Waals surface area contributed by atoms with Crippen LogP contribution in [0.5, 0.6) is 5.75 Å². The fourth-order valence-corrected chi connectivity index (χ4v) is 1.95. The molecule has 1 aromatic carbocycles. The summed E-state index contributed by atoms with van der Waals surface area (Å²) in [6.45, 7) is 2.27. The van der Waals surface area contributed by atoms with E-state index >= 15 is 0 Å². The Labute approximate surface area is 110 Å². The average Bonchev–Trinajstić information content (AvgIpc) is 2.37. The van der Waals surface area contributed by atoms with Crippen LogP contribution in [0.4, 0.5) is 4.79 Å². The van der Waals surface area contributed by atoms with Gasteiger partial charge in [0, 0.05) is 11.4 Å². The van der Waals surface area contributed by atoms with Crippen molar-refractivity contribution in [2.75, 3.05) is 19.4 Å². The lowest BCUT2D eigenvalue weighted by Gasteiger charge is -2.05. The number of thioether (sulfide) groups is 1. The van der Waals surface area contributed by atoms with Crippen LogP contribution in [0.25, 0.3) is 0 Å². The number of nitrogens with one attached hydrogen (secondary N) is 2. The highest BCUT2D eigenvalue weighted by Crippen LogP contribution is 2.22. The number of hydrogen-bond acceptors (Lipinski definition) is 4. The third-order valence-corrected chi connectivity index (χ3v) is 3.00. The Hall–Kier alpha value is -1.69. The molecule has 0 spiro atoms. The van der Waals surface area contributed by atoms with Gasteiger partial charge < -0.3 is 10.1 Å². The fourth-order valence-electron chi connectivity index (χ4n) is 1.21. The van der Waals surface area contributed by atoms with E-state index in [9.17, 15) is 9.59 Å². The molecule has 0 unspecified atom stereocenters. The van der Waals surface area contributed by atoms with Gasteiger partial charge in [0.25, 0.3) is 0 Å². The lowest BCUT2D eigenvalue weighted by molar-refractivity contribution is -0.117. The molecule has 0 heterocycles. The fraction of sp³-hybridized carbons (Fsp3) is 0.333. The Kier molecular flexibility index (Phi) is 6.07. The number of amides is 3. The van der Waals surface area contributed by atoms with Gasteiger partial charge in [-0.1, -0.05) is 6.07 Å². The molecular weight excluding hydrogens is 252 g/mol. The Morgan fingerprint density at radius 1 is 1.39 bits per heavy atom. The largest absolute Gasteiger partial charge is 0.497 e. The van der Waals surface area contributed by atoms with Crippen LogP contribution >= 0.6 is 11.8 Å². The van der Waals surface area contributed by atoms with Crippen molar-refractivity contribution in [1.82, 2.24) is 10.6 Å². The molecule has 0 bridgehead atoms. The zero-order chi connectivity index (χ0) is 13.4. The molecule has 0 aliphatic heterocycles. The molecule has 6 heteroatoms. The highest BCUT2D eigenvalue weighted by molar-refractivity contribution is 8.00. The number of urea groups is 1. The van der Waals surface area contributed by atoms with E-state index in [1.165, 1.54) is 11.8 Å². The first kappa shape index (κ1) is 14.4. The predicted molar refractivity (Wildman–Crippen MR) is 70.9 cm³/mol. The van der Waals surface area contributed by atoms with E-state index in [-0.39, 0.29) is 11.7 Å². The third-order valence-electron chi connectivity index (χ3n) is 2.00. The molecule has 18 heavy (non-hydrogen) atoms. The molecule has 98 valence electrons. The van der Waals surface area contributed by atoms with Crippen molar-refractivity contribution in [3.8, 4) is 5.75 Å². The lowest BCUT2D eigenvalue weighted by Crippen LogP contribution is -2.40. The minimum absolute atomic E-state index is 0.185. The van der Waals surface area contributed by atoms with Gasteiger partial charge in [-0.25, -0.2) is 4.79 Å². The number of methoxy groups -OCH3 is 1. The van der Waals surface area contributed by atoms with E-state index in [0.717, 1.165) is 10.6 Å². The number of rotatable bonds is 5. The van der Waals surface area contributed by atoms with Gasteiger partial charge >= 0.3 is 6.03 Å². The van der Waals surface area contributed by atoms with Crippen LogP contribution in [0.1, 0.15) is 6.92 Å². The van der Waals surface area contributed by atoms with E-state index in [4.69, 9.17) is 4.74 Å². The molecule has 0 radical (unpaired) electrons. The van der Waals surface area contributed by atoms with Crippen molar-refractivity contribution < 1.29 is 14.3 Å². The van der Waals surface area contributed by atoms with Gasteiger partial charge in [-0.2, -0.15) is 0 Å². The maximum absolute atomic E-state index is 11.4. The molecule has 0 atom stereocenters. The van der Waals surface area contributed by atoms with Crippen LogP contribution in [0.15, 0.2) is 29.2 Å². The number of carbonyl (C=O) groups excluding carboxylic acids is 2. The SMILES string of the molecule is CCNC(=O)NC(=O)CSc1cccc(OC)c1. The first-order valence-electron chi connectivity index (χ1n) is 5.50. The standard InChI is InChI=1S/C12H16N2O3S/c1-3-13-12(16)14-11(15)8-18-10-6-4-5-9(7-10)17-2/h4-7H,3,8H2,1-2H3,(H2,13,14,15,16). The van der Waals surface area contributed by atoms with Crippen LogP contribution in [-0.4, -0.2) is 31.3 Å². The van der Waals surface area contributed by atoms with Gasteiger partial charge in [-0.15, -0.1) is 11.8 Å². The third kappa shape index (κ3) is 5.09. The van der Waals surface area contributed by atoms with E-state index < -0.39 is 6.03 Å². The van der Waals surface area contributed by atoms with Gasteiger partial charge in [0.05, 0.1) is 12.9 Å². The van der Waals surface area contributed by atoms with E-state index in [0.29, 0.717) is 6.54 Å². The summed E-state index contributed by atoms with van der Waals surface area (Å²) in [7, 11) is 1.59. The van der Waals surface area contributed by atoms with E-state index in [1.807, 2.05) is 24.3 Å². The second kappa shape index (κ2) is 7.60. The molecular formula is C12H16N2O3S. The second-order valence-electron chi connectivity index (χ2n) is 3.38. The molecule has 1 aromatic rings. The summed E-state index contributed by atoms with van der Waals surface area (Å²) in [5, 5.41) is 4.73. The van der Waals surface area contributed by atoms with Gasteiger partial charge in [-0.05, 0) is 25.1 Å². The smallest absolute Gasteiger partial charge is 0.321 e. The Bertz CT molecular complexity index is 424. The first-order chi connectivity index (χ1) is 8.65. The van der Waals surface area contributed by atoms with Crippen molar-refractivity contribution in [3.63, 3.8) is 0 Å². The van der Waals surface area contributed by atoms with Gasteiger partial charge in [0.1, 0.15) is 5.75 Å². The average molecular weight is 268 g/mol. The topological polar surface area (TPSA) is 67.4 Å². The Balaban J connectivity index is 2.40. The van der Waals surface area contributed by atoms with Gasteiger partial charge in [-0.3, -0.25) is 10.1 Å². The minimum atomic E-state index is -0.464. The maximum atomic E-state index is 11.4. The summed E-state index contributed by atoms with van der Waals surface area (Å²) in [6, 6.07) is 6.94. The van der Waals surface area contributed by atoms with E-state index in [2.05, 4.69) is 10.6 Å². The molecule has 0 aromatic heterocycles. The molecule has 0 saturated carbocycles. The number of carbonyl (C=O) groups is 2. The molecule has 0 fully saturated rings. The lowest BCUT2D eigenvalue weighted by atomic mass is 10.3. The quantitative estimate of drug-likeness (QED) is 0.797. The predicted octanol–water partition coefficient (Wildman–Crippen LogP) is 1.63. The first-order valence-corrected chi connectivity index (χ1v) is 6.48. The molecule has 5 nitrogen and oxygen atoms in total. The van der Waals surface area contributed by atoms with Crippen LogP contribution in [0.2, 0.25) is 0 Å². The van der Waals surface area contributed by atoms with Crippen LogP contribution < -0.4 is 15.4 Å². The number of imide groups is 1. The van der Waals surface area contributed by atoms with Crippen molar-refractivity contribution in [1.29, 1.82) is 0 Å². The molecule has 1 rings (SSSR count). The molecule has 0 aliphatic rings. The molecule has 0 aliphatic carbocycles. The van der Waals surface area contributed by atoms with Crippen molar-refractivity contribution >= 4 is 23.7 Å². The summed E-state index contributed by atoms with van der Waals surface area (Å²) in [5.41, 5.74) is 0. The summed E-state index contributed by atoms with van der Waals surface area (Å²) in [4.78, 5) is 23.4. The number of hydrogen-bond donors (Lipinski definition) is 2. The van der Waals surface area contributed by atoms with Crippen LogP contribution in [0, 0.1) is 0 Å². The number of ether oxygens (including phenoxy) is 1. The highest BCUT2D eigenvalue weighted by Gasteiger charge is 2.07. The Morgan fingerprint density at radius 3 is 2.83 bits per heavy atom. The zero-order valence-corrected chi connectivity index (χ0v) is 11.2. The molecule has 3 amide bonds. The van der Waals surface area contributed by atoms with Crippen molar-refractivity contribution in [2.45, 2.75) is 11.8 Å². The summed E-state index contributed by atoms with van der Waals surface area (Å²) in [6.07, 6.45) is 0. The van der Waals surface area contributed by atoms with Crippen LogP contribution in [-0.2, 0) is 4.79 Å². The number of benzene rings is 1. The summed E-state index contributed by atoms with van der Waals surface area (Å²) < 4.78 is 5.08. The van der Waals surface area contributed by atoms with E-state index in [1.54, 1.807) is 14.0 Å². The summed E-state index contributed by atoms with van der Waals surface area (Å²) >= 11 is 1.35. The zero-order valence-electron chi connectivity index (χ0n) is 10.4. The molecule has 2 N–H and O–H groups in total. The van der Waals surface area contributed by atoms with Crippen molar-refractivity contribution in [2.24, 2.45) is 0 Å².